The first-order valence-corrected chi connectivity index (χ1v) is 12.4. The number of furan rings is 1. The second-order valence-electron chi connectivity index (χ2n) is 8.12. The van der Waals surface area contributed by atoms with E-state index in [4.69, 9.17) is 4.42 Å². The minimum absolute atomic E-state index is 0.0508. The molecule has 0 saturated heterocycles. The Hall–Kier alpha value is -4.42. The largest absolute Gasteiger partial charge is 0.503 e. The van der Waals surface area contributed by atoms with Gasteiger partial charge in [0.15, 0.2) is 16.7 Å². The van der Waals surface area contributed by atoms with Crippen LogP contribution < -0.4 is 4.90 Å². The number of hydrogen-bond acceptors (Lipinski definition) is 9. The van der Waals surface area contributed by atoms with Crippen molar-refractivity contribution in [3.8, 4) is 0 Å². The smallest absolute Gasteiger partial charge is 0.296 e. The van der Waals surface area contributed by atoms with Crippen LogP contribution in [-0.2, 0) is 4.79 Å². The molecule has 3 aromatic heterocycles. The second-order valence-corrected chi connectivity index (χ2v) is 10.0. The molecule has 4 heterocycles. The Morgan fingerprint density at radius 3 is 2.76 bits per heavy atom. The summed E-state index contributed by atoms with van der Waals surface area (Å²) in [4.78, 5) is 47.7. The number of amides is 1. The van der Waals surface area contributed by atoms with E-state index >= 15 is 0 Å². The molecule has 0 radical (unpaired) electrons. The van der Waals surface area contributed by atoms with Crippen LogP contribution in [0.3, 0.4) is 0 Å². The molecule has 6 rings (SSSR count). The molecule has 10 nitrogen and oxygen atoms in total. The lowest BCUT2D eigenvalue weighted by atomic mass is 9.98. The van der Waals surface area contributed by atoms with E-state index in [2.05, 4.69) is 25.9 Å². The van der Waals surface area contributed by atoms with Crippen molar-refractivity contribution in [3.05, 3.63) is 104 Å². The summed E-state index contributed by atoms with van der Waals surface area (Å²) >= 11 is 4.41. The molecule has 0 aliphatic carbocycles. The molecule has 0 bridgehead atoms. The van der Waals surface area contributed by atoms with Gasteiger partial charge in [-0.1, -0.05) is 33.3 Å². The van der Waals surface area contributed by atoms with Gasteiger partial charge >= 0.3 is 0 Å². The number of aliphatic hydroxyl groups is 1. The number of fused-ring (bicyclic) bond motifs is 2. The Morgan fingerprint density at radius 2 is 2.00 bits per heavy atom. The number of pyridine rings is 1. The first-order chi connectivity index (χ1) is 17.8. The fourth-order valence-corrected chi connectivity index (χ4v) is 5.63. The van der Waals surface area contributed by atoms with Crippen LogP contribution in [0.5, 0.6) is 0 Å². The minimum Gasteiger partial charge on any atom is -0.503 e. The zero-order valence-corrected chi connectivity index (χ0v) is 20.9. The van der Waals surface area contributed by atoms with Crippen molar-refractivity contribution in [1.82, 2.24) is 9.97 Å². The predicted molar refractivity (Wildman–Crippen MR) is 139 cm³/mol. The first-order valence-electron chi connectivity index (χ1n) is 10.8. The number of Topliss-reactive ketones (excluding diaryl/α,β-unsaturated/α-hetero) is 1. The summed E-state index contributed by atoms with van der Waals surface area (Å²) in [5, 5.41) is 23.0. The summed E-state index contributed by atoms with van der Waals surface area (Å²) in [6, 6.07) is 14.9. The molecule has 1 atom stereocenters. The zero-order valence-electron chi connectivity index (χ0n) is 18.5. The quantitative estimate of drug-likeness (QED) is 0.155. The maximum atomic E-state index is 13.7. The van der Waals surface area contributed by atoms with E-state index in [1.165, 1.54) is 29.3 Å². The third-order valence-corrected chi connectivity index (χ3v) is 7.41. The predicted octanol–water partition coefficient (Wildman–Crippen LogP) is 5.89. The number of aromatic nitrogens is 2. The molecule has 2 aromatic carbocycles. The average molecular weight is 577 g/mol. The van der Waals surface area contributed by atoms with Crippen LogP contribution in [-0.4, -0.2) is 31.7 Å². The van der Waals surface area contributed by atoms with E-state index in [0.717, 1.165) is 15.8 Å². The molecule has 182 valence electrons. The number of nitrogens with zero attached hydrogens (tertiary/aromatic N) is 4. The average Bonchev–Trinajstić information content (AvgIpc) is 3.57. The first kappa shape index (κ1) is 23.0. The number of ketones is 1. The summed E-state index contributed by atoms with van der Waals surface area (Å²) in [6.45, 7) is 0. The molecule has 1 aliphatic heterocycles. The molecule has 1 aliphatic rings. The fraction of sp³-hybridized carbons (Fsp3) is 0.0400. The molecule has 0 saturated carbocycles. The lowest BCUT2D eigenvalue weighted by Crippen LogP contribution is -2.31. The van der Waals surface area contributed by atoms with Gasteiger partial charge in [0.05, 0.1) is 26.4 Å². The Kier molecular flexibility index (Phi) is 5.35. The van der Waals surface area contributed by atoms with Crippen molar-refractivity contribution in [1.29, 1.82) is 0 Å². The highest BCUT2D eigenvalue weighted by Gasteiger charge is 2.47. The van der Waals surface area contributed by atoms with Gasteiger partial charge in [0.2, 0.25) is 5.78 Å². The van der Waals surface area contributed by atoms with Crippen molar-refractivity contribution in [2.75, 3.05) is 4.90 Å². The van der Waals surface area contributed by atoms with Gasteiger partial charge in [-0.3, -0.25) is 29.6 Å². The maximum absolute atomic E-state index is 13.7. The lowest BCUT2D eigenvalue weighted by molar-refractivity contribution is -0.384. The number of benzene rings is 2. The van der Waals surface area contributed by atoms with Crippen LogP contribution in [0, 0.1) is 10.1 Å². The normalized spacial score (nSPS) is 15.8. The van der Waals surface area contributed by atoms with Crippen molar-refractivity contribution in [3.63, 3.8) is 0 Å². The van der Waals surface area contributed by atoms with Crippen LogP contribution in [0.1, 0.15) is 22.3 Å². The van der Waals surface area contributed by atoms with Crippen LogP contribution in [0.4, 0.5) is 10.8 Å². The Labute approximate surface area is 219 Å². The van der Waals surface area contributed by atoms with Gasteiger partial charge in [0, 0.05) is 28.2 Å². The number of nitro groups is 1. The van der Waals surface area contributed by atoms with Crippen molar-refractivity contribution < 1.29 is 24.0 Å². The van der Waals surface area contributed by atoms with Gasteiger partial charge in [0.1, 0.15) is 11.6 Å². The van der Waals surface area contributed by atoms with Crippen molar-refractivity contribution in [2.45, 2.75) is 6.04 Å². The van der Waals surface area contributed by atoms with Crippen LogP contribution in [0.15, 0.2) is 87.1 Å². The molecular formula is C25H13BrN4O6S. The van der Waals surface area contributed by atoms with E-state index in [-0.39, 0.29) is 22.2 Å². The van der Waals surface area contributed by atoms with Gasteiger partial charge in [-0.05, 0) is 42.5 Å². The number of carbonyl (C=O) groups excluding carboxylic acids is 2. The number of thiazole rings is 1. The molecule has 5 aromatic rings. The molecule has 12 heteroatoms. The summed E-state index contributed by atoms with van der Waals surface area (Å²) in [5.74, 6) is -2.31. The summed E-state index contributed by atoms with van der Waals surface area (Å²) in [7, 11) is 0. The minimum atomic E-state index is -1.10. The number of carbonyl (C=O) groups is 2. The SMILES string of the molecule is O=C(C1=C(O)C(=O)N(c2nc3ccc([N+](=O)[O-])cc3s2)C1c1ccccn1)c1cc2cc(Br)ccc2o1. The Bertz CT molecular complexity index is 1800. The van der Waals surface area contributed by atoms with Gasteiger partial charge in [-0.15, -0.1) is 0 Å². The van der Waals surface area contributed by atoms with E-state index in [1.807, 2.05) is 0 Å². The van der Waals surface area contributed by atoms with Crippen LogP contribution in [0.25, 0.3) is 21.2 Å². The third kappa shape index (κ3) is 3.77. The standard InChI is InChI=1S/C25H13BrN4O6S/c26-13-4-7-17-12(9-13)10-18(36-17)22(31)20-21(16-3-1-2-8-27-16)29(24(33)23(20)32)25-28-15-6-5-14(30(34)35)11-19(15)37-25/h1-11,21,32H. The van der Waals surface area contributed by atoms with Gasteiger partial charge < -0.3 is 9.52 Å². The molecule has 0 fully saturated rings. The molecule has 1 amide bonds. The number of halogens is 1. The van der Waals surface area contributed by atoms with E-state index in [9.17, 15) is 24.8 Å². The van der Waals surface area contributed by atoms with Crippen molar-refractivity contribution in [2.24, 2.45) is 0 Å². The van der Waals surface area contributed by atoms with E-state index in [0.29, 0.717) is 26.9 Å². The molecule has 1 N–H and O–H groups in total. The second kappa shape index (κ2) is 8.61. The maximum Gasteiger partial charge on any atom is 0.296 e. The lowest BCUT2D eigenvalue weighted by Gasteiger charge is -2.23. The zero-order chi connectivity index (χ0) is 25.8. The highest BCUT2D eigenvalue weighted by molar-refractivity contribution is 9.10. The number of non-ortho nitro benzene ring substituents is 1. The molecular weight excluding hydrogens is 564 g/mol. The van der Waals surface area contributed by atoms with Gasteiger partial charge in [0.25, 0.3) is 11.6 Å². The number of nitro benzene ring substituents is 1. The van der Waals surface area contributed by atoms with E-state index in [1.54, 1.807) is 42.5 Å². The van der Waals surface area contributed by atoms with Gasteiger partial charge in [-0.2, -0.15) is 0 Å². The summed E-state index contributed by atoms with van der Waals surface area (Å²) in [5.41, 5.74) is 0.903. The molecule has 37 heavy (non-hydrogen) atoms. The number of anilines is 1. The van der Waals surface area contributed by atoms with Crippen molar-refractivity contribution >= 4 is 71.0 Å². The monoisotopic (exact) mass is 576 g/mol. The number of rotatable bonds is 5. The van der Waals surface area contributed by atoms with E-state index < -0.39 is 28.4 Å². The fourth-order valence-electron chi connectivity index (χ4n) is 4.23. The number of aliphatic hydroxyl groups excluding tert-OH is 1. The number of hydrogen-bond donors (Lipinski definition) is 1. The Morgan fingerprint density at radius 1 is 1.16 bits per heavy atom. The van der Waals surface area contributed by atoms with Gasteiger partial charge in [-0.25, -0.2) is 4.98 Å². The highest BCUT2D eigenvalue weighted by atomic mass is 79.9. The summed E-state index contributed by atoms with van der Waals surface area (Å²) < 4.78 is 7.02. The molecule has 1 unspecified atom stereocenters. The molecule has 0 spiro atoms. The summed E-state index contributed by atoms with van der Waals surface area (Å²) in [6.07, 6.45) is 1.51. The Balaban J connectivity index is 1.49. The van der Waals surface area contributed by atoms with Crippen LogP contribution >= 0.6 is 27.3 Å². The third-order valence-electron chi connectivity index (χ3n) is 5.90. The topological polar surface area (TPSA) is 140 Å². The highest BCUT2D eigenvalue weighted by Crippen LogP contribution is 2.44. The van der Waals surface area contributed by atoms with Crippen LogP contribution in [0.2, 0.25) is 0 Å².